The van der Waals surface area contributed by atoms with E-state index in [4.69, 9.17) is 13.9 Å². The van der Waals surface area contributed by atoms with Gasteiger partial charge < -0.3 is 19.2 Å². The zero-order valence-corrected chi connectivity index (χ0v) is 18.5. The summed E-state index contributed by atoms with van der Waals surface area (Å²) in [6, 6.07) is 27.6. The lowest BCUT2D eigenvalue weighted by Gasteiger charge is -2.10. The number of rotatable bonds is 8. The van der Waals surface area contributed by atoms with Crippen molar-refractivity contribution in [3.63, 3.8) is 0 Å². The fourth-order valence-corrected chi connectivity index (χ4v) is 3.38. The Hall–Kier alpha value is -4.98. The Morgan fingerprint density at radius 2 is 1.54 bits per heavy atom. The Morgan fingerprint density at radius 3 is 2.37 bits per heavy atom. The number of ether oxygens (including phenoxy) is 2. The largest absolute Gasteiger partial charge is 0.457 e. The van der Waals surface area contributed by atoms with Crippen molar-refractivity contribution in [1.29, 1.82) is 0 Å². The first-order chi connectivity index (χ1) is 17.2. The van der Waals surface area contributed by atoms with Crippen molar-refractivity contribution in [2.45, 2.75) is 6.42 Å². The zero-order chi connectivity index (χ0) is 23.9. The lowest BCUT2D eigenvalue weighted by molar-refractivity contribution is -0.115. The predicted molar refractivity (Wildman–Crippen MR) is 129 cm³/mol. The van der Waals surface area contributed by atoms with Gasteiger partial charge in [0.05, 0.1) is 6.42 Å². The number of hydrogen-bond acceptors (Lipinski definition) is 7. The number of benzene rings is 3. The molecule has 35 heavy (non-hydrogen) atoms. The van der Waals surface area contributed by atoms with Crippen LogP contribution in [-0.2, 0) is 11.2 Å². The third kappa shape index (κ3) is 5.88. The third-order valence-corrected chi connectivity index (χ3v) is 4.91. The predicted octanol–water partition coefficient (Wildman–Crippen LogP) is 5.90. The van der Waals surface area contributed by atoms with E-state index in [1.807, 2.05) is 54.6 Å². The van der Waals surface area contributed by atoms with Crippen LogP contribution in [0.4, 0.5) is 5.69 Å². The Morgan fingerprint density at radius 1 is 0.800 bits per heavy atom. The second-order valence-corrected chi connectivity index (χ2v) is 7.54. The van der Waals surface area contributed by atoms with Crippen LogP contribution >= 0.6 is 0 Å². The van der Waals surface area contributed by atoms with Gasteiger partial charge in [0, 0.05) is 24.0 Å². The molecule has 0 unspecified atom stereocenters. The molecule has 0 fully saturated rings. The van der Waals surface area contributed by atoms with Crippen molar-refractivity contribution in [2.75, 3.05) is 5.32 Å². The number of nitrogens with one attached hydrogen (secondary N) is 1. The van der Waals surface area contributed by atoms with Crippen LogP contribution in [0.25, 0.3) is 11.6 Å². The van der Waals surface area contributed by atoms with Gasteiger partial charge in [-0.2, -0.15) is 0 Å². The average Bonchev–Trinajstić information content (AvgIpc) is 3.41. The fourth-order valence-electron chi connectivity index (χ4n) is 3.38. The van der Waals surface area contributed by atoms with Gasteiger partial charge in [-0.25, -0.2) is 0 Å². The van der Waals surface area contributed by atoms with Gasteiger partial charge in [-0.1, -0.05) is 36.4 Å². The molecule has 172 valence electrons. The molecule has 0 aliphatic heterocycles. The molecular weight excluding hydrogens is 444 g/mol. The van der Waals surface area contributed by atoms with Crippen LogP contribution in [0.15, 0.2) is 108 Å². The summed E-state index contributed by atoms with van der Waals surface area (Å²) in [5.74, 6) is 2.67. The van der Waals surface area contributed by atoms with E-state index in [1.165, 1.54) is 6.39 Å². The first-order valence-electron chi connectivity index (χ1n) is 10.8. The molecular formula is C27H20N4O4. The lowest BCUT2D eigenvalue weighted by atomic mass is 10.1. The summed E-state index contributed by atoms with van der Waals surface area (Å²) in [4.78, 5) is 16.9. The number of anilines is 1. The Balaban J connectivity index is 1.22. The Labute approximate surface area is 201 Å². The SMILES string of the molecule is O=C(Cc1cccc(Oc2ccccc2)c1)Nc1cccc(Oc2ccnc(-c3nnco3)c2)c1. The van der Waals surface area contributed by atoms with Crippen molar-refractivity contribution in [3.8, 4) is 34.6 Å². The highest BCUT2D eigenvalue weighted by Gasteiger charge is 2.09. The highest BCUT2D eigenvalue weighted by molar-refractivity contribution is 5.92. The molecule has 0 atom stereocenters. The highest BCUT2D eigenvalue weighted by Crippen LogP contribution is 2.27. The van der Waals surface area contributed by atoms with Crippen LogP contribution in [0.5, 0.6) is 23.0 Å². The number of para-hydroxylation sites is 1. The lowest BCUT2D eigenvalue weighted by Crippen LogP contribution is -2.14. The number of carbonyl (C=O) groups is 1. The first-order valence-corrected chi connectivity index (χ1v) is 10.8. The minimum atomic E-state index is -0.151. The minimum Gasteiger partial charge on any atom is -0.457 e. The summed E-state index contributed by atoms with van der Waals surface area (Å²) < 4.78 is 17.0. The van der Waals surface area contributed by atoms with Crippen LogP contribution in [-0.4, -0.2) is 21.1 Å². The van der Waals surface area contributed by atoms with Crippen molar-refractivity contribution >= 4 is 11.6 Å². The maximum atomic E-state index is 12.7. The van der Waals surface area contributed by atoms with E-state index in [1.54, 1.807) is 42.6 Å². The van der Waals surface area contributed by atoms with Gasteiger partial charge in [-0.15, -0.1) is 10.2 Å². The van der Waals surface area contributed by atoms with E-state index >= 15 is 0 Å². The number of hydrogen-bond donors (Lipinski definition) is 1. The number of nitrogens with zero attached hydrogens (tertiary/aromatic N) is 3. The van der Waals surface area contributed by atoms with Crippen LogP contribution in [0.2, 0.25) is 0 Å². The molecule has 0 bridgehead atoms. The Kier molecular flexibility index (Phi) is 6.43. The van der Waals surface area contributed by atoms with Crippen molar-refractivity contribution < 1.29 is 18.7 Å². The maximum Gasteiger partial charge on any atom is 0.266 e. The maximum absolute atomic E-state index is 12.7. The fraction of sp³-hybridized carbons (Fsp3) is 0.0370. The van der Waals surface area contributed by atoms with Crippen LogP contribution in [0.3, 0.4) is 0 Å². The van der Waals surface area contributed by atoms with Crippen LogP contribution < -0.4 is 14.8 Å². The number of amides is 1. The molecule has 0 radical (unpaired) electrons. The molecule has 3 aromatic carbocycles. The van der Waals surface area contributed by atoms with E-state index in [9.17, 15) is 4.79 Å². The Bertz CT molecular complexity index is 1420. The molecule has 1 N–H and O–H groups in total. The smallest absolute Gasteiger partial charge is 0.266 e. The molecule has 8 heteroatoms. The van der Waals surface area contributed by atoms with Gasteiger partial charge in [-0.3, -0.25) is 9.78 Å². The molecule has 0 saturated carbocycles. The van der Waals surface area contributed by atoms with Gasteiger partial charge in [0.2, 0.25) is 12.3 Å². The monoisotopic (exact) mass is 464 g/mol. The normalized spacial score (nSPS) is 10.5. The highest BCUT2D eigenvalue weighted by atomic mass is 16.5. The van der Waals surface area contributed by atoms with Gasteiger partial charge >= 0.3 is 0 Å². The van der Waals surface area contributed by atoms with E-state index in [0.717, 1.165) is 11.3 Å². The molecule has 2 heterocycles. The molecule has 0 saturated heterocycles. The average molecular weight is 464 g/mol. The summed E-state index contributed by atoms with van der Waals surface area (Å²) in [7, 11) is 0. The van der Waals surface area contributed by atoms with Gasteiger partial charge in [0.25, 0.3) is 5.89 Å². The summed E-state index contributed by atoms with van der Waals surface area (Å²) in [6.45, 7) is 0. The minimum absolute atomic E-state index is 0.151. The van der Waals surface area contributed by atoms with Gasteiger partial charge in [-0.05, 0) is 48.0 Å². The van der Waals surface area contributed by atoms with Crippen molar-refractivity contribution in [1.82, 2.24) is 15.2 Å². The van der Waals surface area contributed by atoms with E-state index < -0.39 is 0 Å². The molecule has 5 rings (SSSR count). The van der Waals surface area contributed by atoms with Crippen molar-refractivity contribution in [3.05, 3.63) is 109 Å². The summed E-state index contributed by atoms with van der Waals surface area (Å²) >= 11 is 0. The molecule has 2 aromatic heterocycles. The summed E-state index contributed by atoms with van der Waals surface area (Å²) in [5, 5.41) is 10.4. The van der Waals surface area contributed by atoms with E-state index in [0.29, 0.717) is 34.5 Å². The molecule has 0 aliphatic rings. The molecule has 5 aromatic rings. The first kappa shape index (κ1) is 21.8. The molecule has 0 spiro atoms. The quantitative estimate of drug-likeness (QED) is 0.305. The number of carbonyl (C=O) groups excluding carboxylic acids is 1. The third-order valence-electron chi connectivity index (χ3n) is 4.91. The standard InChI is InChI=1S/C27H20N4O4/c32-26(15-19-6-4-10-22(14-19)34-21-8-2-1-3-9-21)30-20-7-5-11-23(16-20)35-24-12-13-28-25(17-24)27-31-29-18-33-27/h1-14,16-18H,15H2,(H,30,32). The van der Waals surface area contributed by atoms with Crippen molar-refractivity contribution in [2.24, 2.45) is 0 Å². The number of aromatic nitrogens is 3. The van der Waals surface area contributed by atoms with Gasteiger partial charge in [0.1, 0.15) is 28.7 Å². The summed E-state index contributed by atoms with van der Waals surface area (Å²) in [5.41, 5.74) is 1.96. The van der Waals surface area contributed by atoms with Crippen LogP contribution in [0.1, 0.15) is 5.56 Å². The number of pyridine rings is 1. The van der Waals surface area contributed by atoms with Crippen LogP contribution in [0, 0.1) is 0 Å². The zero-order valence-electron chi connectivity index (χ0n) is 18.5. The second kappa shape index (κ2) is 10.3. The molecule has 8 nitrogen and oxygen atoms in total. The second-order valence-electron chi connectivity index (χ2n) is 7.54. The van der Waals surface area contributed by atoms with E-state index in [-0.39, 0.29) is 12.3 Å². The molecule has 1 amide bonds. The summed E-state index contributed by atoms with van der Waals surface area (Å²) in [6.07, 6.45) is 3.04. The van der Waals surface area contributed by atoms with E-state index in [2.05, 4.69) is 20.5 Å². The topological polar surface area (TPSA) is 99.4 Å². The van der Waals surface area contributed by atoms with Gasteiger partial charge in [0.15, 0.2) is 0 Å². The molecule has 0 aliphatic carbocycles.